The number of benzene rings is 3. The molecule has 3 rings (SSSR count). The number of rotatable bonds is 9. The minimum Gasteiger partial charge on any atom is -0.492 e. The lowest BCUT2D eigenvalue weighted by Gasteiger charge is -2.24. The van der Waals surface area contributed by atoms with Crippen molar-refractivity contribution in [1.29, 1.82) is 0 Å². The molecular weight excluding hydrogens is 436 g/mol. The number of aryl methyl sites for hydroxylation is 1. The molecule has 0 aliphatic carbocycles. The van der Waals surface area contributed by atoms with Crippen LogP contribution >= 0.6 is 11.6 Å². The zero-order chi connectivity index (χ0) is 22.3. The van der Waals surface area contributed by atoms with E-state index in [-0.39, 0.29) is 24.6 Å². The fourth-order valence-electron chi connectivity index (χ4n) is 2.89. The first kappa shape index (κ1) is 22.7. The lowest BCUT2D eigenvalue weighted by Crippen LogP contribution is -2.42. The summed E-state index contributed by atoms with van der Waals surface area (Å²) < 4.78 is 33.1. The standard InChI is InChI=1S/C23H23ClN2O4S/c1-18-6-5-7-20(16-18)26(31(28,29)22-8-3-2-4-9-22)17-23(27)25-14-15-30-21-12-10-19(24)11-13-21/h2-13,16H,14-15,17H2,1H3,(H,25,27). The van der Waals surface area contributed by atoms with Crippen molar-refractivity contribution in [3.63, 3.8) is 0 Å². The second-order valence-corrected chi connectivity index (χ2v) is 9.11. The average Bonchev–Trinajstić information content (AvgIpc) is 2.77. The molecular formula is C23H23ClN2O4S. The van der Waals surface area contributed by atoms with Crippen molar-refractivity contribution >= 4 is 33.2 Å². The maximum atomic E-state index is 13.2. The summed E-state index contributed by atoms with van der Waals surface area (Å²) in [5, 5.41) is 3.31. The molecule has 0 heterocycles. The van der Waals surface area contributed by atoms with E-state index in [4.69, 9.17) is 16.3 Å². The first-order chi connectivity index (χ1) is 14.9. The van der Waals surface area contributed by atoms with Crippen molar-refractivity contribution in [2.75, 3.05) is 24.0 Å². The summed E-state index contributed by atoms with van der Waals surface area (Å²) in [4.78, 5) is 12.7. The summed E-state index contributed by atoms with van der Waals surface area (Å²) in [6.45, 7) is 1.99. The summed E-state index contributed by atoms with van der Waals surface area (Å²) in [6.07, 6.45) is 0. The Morgan fingerprint density at radius 2 is 1.71 bits per heavy atom. The van der Waals surface area contributed by atoms with E-state index < -0.39 is 15.9 Å². The van der Waals surface area contributed by atoms with E-state index in [9.17, 15) is 13.2 Å². The number of hydrogen-bond acceptors (Lipinski definition) is 4. The number of nitrogens with zero attached hydrogens (tertiary/aromatic N) is 1. The molecule has 6 nitrogen and oxygen atoms in total. The van der Waals surface area contributed by atoms with Crippen molar-refractivity contribution in [2.24, 2.45) is 0 Å². The Hall–Kier alpha value is -3.03. The quantitative estimate of drug-likeness (QED) is 0.491. The highest BCUT2D eigenvalue weighted by Gasteiger charge is 2.27. The normalized spacial score (nSPS) is 11.0. The van der Waals surface area contributed by atoms with E-state index in [1.807, 2.05) is 13.0 Å². The van der Waals surface area contributed by atoms with Crippen LogP contribution in [0.3, 0.4) is 0 Å². The molecule has 162 valence electrons. The number of hydrogen-bond donors (Lipinski definition) is 1. The molecule has 0 aromatic heterocycles. The molecule has 0 unspecified atom stereocenters. The number of amides is 1. The Kier molecular flexibility index (Phi) is 7.55. The molecule has 31 heavy (non-hydrogen) atoms. The minimum atomic E-state index is -3.91. The molecule has 0 bridgehead atoms. The van der Waals surface area contributed by atoms with Gasteiger partial charge in [0.25, 0.3) is 10.0 Å². The van der Waals surface area contributed by atoms with Gasteiger partial charge in [-0.15, -0.1) is 0 Å². The minimum absolute atomic E-state index is 0.121. The molecule has 8 heteroatoms. The fraction of sp³-hybridized carbons (Fsp3) is 0.174. The Bertz CT molecular complexity index is 1120. The Labute approximate surface area is 187 Å². The number of nitrogens with one attached hydrogen (secondary N) is 1. The van der Waals surface area contributed by atoms with Gasteiger partial charge in [0, 0.05) is 5.02 Å². The van der Waals surface area contributed by atoms with Gasteiger partial charge in [-0.2, -0.15) is 0 Å². The van der Waals surface area contributed by atoms with Crippen LogP contribution in [0.2, 0.25) is 5.02 Å². The predicted octanol–water partition coefficient (Wildman–Crippen LogP) is 4.04. The van der Waals surface area contributed by atoms with E-state index in [1.54, 1.807) is 60.7 Å². The van der Waals surface area contributed by atoms with E-state index in [2.05, 4.69) is 5.32 Å². The Balaban J connectivity index is 1.68. The summed E-state index contributed by atoms with van der Waals surface area (Å²) in [5.74, 6) is 0.201. The van der Waals surface area contributed by atoms with Gasteiger partial charge in [0.15, 0.2) is 0 Å². The lowest BCUT2D eigenvalue weighted by molar-refractivity contribution is -0.119. The van der Waals surface area contributed by atoms with Crippen LogP contribution in [-0.4, -0.2) is 34.0 Å². The zero-order valence-electron chi connectivity index (χ0n) is 17.0. The molecule has 0 atom stereocenters. The number of sulfonamides is 1. The molecule has 0 aliphatic rings. The average molecular weight is 459 g/mol. The first-order valence-electron chi connectivity index (χ1n) is 9.66. The van der Waals surface area contributed by atoms with E-state index in [0.717, 1.165) is 9.87 Å². The maximum Gasteiger partial charge on any atom is 0.264 e. The largest absolute Gasteiger partial charge is 0.492 e. The molecule has 0 spiro atoms. The van der Waals surface area contributed by atoms with E-state index >= 15 is 0 Å². The highest BCUT2D eigenvalue weighted by molar-refractivity contribution is 7.92. The van der Waals surface area contributed by atoms with Crippen molar-refractivity contribution in [1.82, 2.24) is 5.32 Å². The molecule has 1 amide bonds. The van der Waals surface area contributed by atoms with Gasteiger partial charge < -0.3 is 10.1 Å². The Morgan fingerprint density at radius 1 is 1.00 bits per heavy atom. The number of anilines is 1. The molecule has 0 saturated carbocycles. The zero-order valence-corrected chi connectivity index (χ0v) is 18.6. The van der Waals surface area contributed by atoms with Crippen LogP contribution in [0.25, 0.3) is 0 Å². The second-order valence-electron chi connectivity index (χ2n) is 6.82. The molecule has 0 saturated heterocycles. The lowest BCUT2D eigenvalue weighted by atomic mass is 10.2. The fourth-order valence-corrected chi connectivity index (χ4v) is 4.45. The van der Waals surface area contributed by atoms with Crippen LogP contribution < -0.4 is 14.4 Å². The maximum absolute atomic E-state index is 13.2. The number of carbonyl (C=O) groups excluding carboxylic acids is 1. The van der Waals surface area contributed by atoms with Crippen LogP contribution in [0, 0.1) is 6.92 Å². The molecule has 0 fully saturated rings. The summed E-state index contributed by atoms with van der Waals surface area (Å²) in [7, 11) is -3.91. The van der Waals surface area contributed by atoms with Crippen molar-refractivity contribution in [3.8, 4) is 5.75 Å². The molecule has 0 radical (unpaired) electrons. The van der Waals surface area contributed by atoms with Crippen molar-refractivity contribution in [3.05, 3.63) is 89.4 Å². The molecule has 0 aliphatic heterocycles. The number of ether oxygens (including phenoxy) is 1. The highest BCUT2D eigenvalue weighted by atomic mass is 35.5. The first-order valence-corrected chi connectivity index (χ1v) is 11.5. The van der Waals surface area contributed by atoms with Crippen LogP contribution in [0.5, 0.6) is 5.75 Å². The van der Waals surface area contributed by atoms with Gasteiger partial charge in [0.1, 0.15) is 18.9 Å². The summed E-state index contributed by atoms with van der Waals surface area (Å²) >= 11 is 5.84. The van der Waals surface area contributed by atoms with Crippen LogP contribution in [-0.2, 0) is 14.8 Å². The van der Waals surface area contributed by atoms with Gasteiger partial charge in [-0.05, 0) is 61.0 Å². The summed E-state index contributed by atoms with van der Waals surface area (Å²) in [5.41, 5.74) is 1.32. The van der Waals surface area contributed by atoms with Gasteiger partial charge in [-0.1, -0.05) is 41.9 Å². The van der Waals surface area contributed by atoms with Gasteiger partial charge in [-0.25, -0.2) is 8.42 Å². The smallest absolute Gasteiger partial charge is 0.264 e. The predicted molar refractivity (Wildman–Crippen MR) is 122 cm³/mol. The van der Waals surface area contributed by atoms with Gasteiger partial charge in [0.2, 0.25) is 5.91 Å². The van der Waals surface area contributed by atoms with Crippen LogP contribution in [0.1, 0.15) is 5.56 Å². The molecule has 1 N–H and O–H groups in total. The molecule has 3 aromatic rings. The van der Waals surface area contributed by atoms with Crippen molar-refractivity contribution < 1.29 is 17.9 Å². The monoisotopic (exact) mass is 458 g/mol. The van der Waals surface area contributed by atoms with E-state index in [1.165, 1.54) is 12.1 Å². The summed E-state index contributed by atoms with van der Waals surface area (Å²) in [6, 6.07) is 22.0. The van der Waals surface area contributed by atoms with Crippen LogP contribution in [0.4, 0.5) is 5.69 Å². The van der Waals surface area contributed by atoms with Gasteiger partial charge >= 0.3 is 0 Å². The van der Waals surface area contributed by atoms with Crippen molar-refractivity contribution in [2.45, 2.75) is 11.8 Å². The highest BCUT2D eigenvalue weighted by Crippen LogP contribution is 2.24. The topological polar surface area (TPSA) is 75.7 Å². The third-order valence-corrected chi connectivity index (χ3v) is 6.45. The number of carbonyl (C=O) groups is 1. The Morgan fingerprint density at radius 3 is 2.39 bits per heavy atom. The third kappa shape index (κ3) is 6.23. The second kappa shape index (κ2) is 10.3. The number of halogens is 1. The SMILES string of the molecule is Cc1cccc(N(CC(=O)NCCOc2ccc(Cl)cc2)S(=O)(=O)c2ccccc2)c1. The van der Waals surface area contributed by atoms with Gasteiger partial charge in [-0.3, -0.25) is 9.10 Å². The van der Waals surface area contributed by atoms with Gasteiger partial charge in [0.05, 0.1) is 17.1 Å². The van der Waals surface area contributed by atoms with E-state index in [0.29, 0.717) is 16.5 Å². The molecule has 3 aromatic carbocycles. The van der Waals surface area contributed by atoms with Crippen LogP contribution in [0.15, 0.2) is 83.8 Å². The third-order valence-electron chi connectivity index (χ3n) is 4.41.